The third-order valence-corrected chi connectivity index (χ3v) is 20.3. The van der Waals surface area contributed by atoms with Crippen molar-refractivity contribution in [3.05, 3.63) is 251 Å². The first-order valence-electron chi connectivity index (χ1n) is 38.0. The number of ether oxygens (including phenoxy) is 18. The van der Waals surface area contributed by atoms with Crippen molar-refractivity contribution in [1.29, 1.82) is 0 Å². The van der Waals surface area contributed by atoms with Crippen LogP contribution in [0.3, 0.4) is 0 Å². The summed E-state index contributed by atoms with van der Waals surface area (Å²) in [5.74, 6) is -5.60. The highest BCUT2D eigenvalue weighted by Crippen LogP contribution is 2.42. The summed E-state index contributed by atoms with van der Waals surface area (Å²) in [6, 6.07) is 64.6. The largest absolute Gasteiger partial charge is 0.463 e. The van der Waals surface area contributed by atoms with Crippen LogP contribution in [0.2, 0.25) is 25.7 Å². The van der Waals surface area contributed by atoms with E-state index in [4.69, 9.17) is 85.3 Å². The van der Waals surface area contributed by atoms with Crippen LogP contribution in [-0.4, -0.2) is 180 Å². The molecule has 0 bridgehead atoms. The second kappa shape index (κ2) is 43.9. The molecule has 0 aliphatic carbocycles. The molecule has 26 heteroatoms. The Kier molecular flexibility index (Phi) is 33.5. The van der Waals surface area contributed by atoms with Gasteiger partial charge in [-0.3, -0.25) is 24.0 Å². The van der Waals surface area contributed by atoms with E-state index >= 15 is 9.59 Å². The molecule has 0 aromatic heterocycles. The zero-order valence-corrected chi connectivity index (χ0v) is 65.9. The van der Waals surface area contributed by atoms with E-state index in [0.29, 0.717) is 22.7 Å². The smallest absolute Gasteiger partial charge is 0.338 e. The third kappa shape index (κ3) is 27.2. The van der Waals surface area contributed by atoms with Gasteiger partial charge in [-0.05, 0) is 58.5 Å². The average molecular weight is 1580 g/mol. The molecule has 3 fully saturated rings. The van der Waals surface area contributed by atoms with Crippen LogP contribution < -0.4 is 0 Å². The summed E-state index contributed by atoms with van der Waals surface area (Å²) in [4.78, 5) is 97.0. The lowest BCUT2D eigenvalue weighted by atomic mass is 9.92. The fourth-order valence-electron chi connectivity index (χ4n) is 13.1. The highest BCUT2D eigenvalue weighted by Gasteiger charge is 2.61. The number of hydrogen-bond donors (Lipinski definition) is 0. The number of esters is 6. The van der Waals surface area contributed by atoms with Gasteiger partial charge in [-0.25, -0.2) is 4.79 Å². The van der Waals surface area contributed by atoms with Crippen molar-refractivity contribution in [3.63, 3.8) is 0 Å². The summed E-state index contributed by atoms with van der Waals surface area (Å²) in [6.45, 7) is 10.8. The quantitative estimate of drug-likeness (QED) is 0.0195. The van der Waals surface area contributed by atoms with Crippen LogP contribution in [0, 0.1) is 0 Å². The summed E-state index contributed by atoms with van der Waals surface area (Å²) in [5.41, 5.74) is 4.52. The van der Waals surface area contributed by atoms with E-state index in [9.17, 15) is 24.0 Å². The van der Waals surface area contributed by atoms with Crippen molar-refractivity contribution in [2.24, 2.45) is 0 Å². The van der Waals surface area contributed by atoms with Crippen LogP contribution in [-0.2, 0) is 154 Å². The molecule has 25 nitrogen and oxygen atoms in total. The van der Waals surface area contributed by atoms with E-state index in [1.165, 1.54) is 6.92 Å². The van der Waals surface area contributed by atoms with Crippen LogP contribution in [0.5, 0.6) is 0 Å². The number of ketones is 1. The average Bonchev–Trinajstić information content (AvgIpc) is 0.744. The molecule has 0 radical (unpaired) electrons. The molecule has 17 atom stereocenters. The molecule has 0 amide bonds. The lowest BCUT2D eigenvalue weighted by molar-refractivity contribution is -0.397. The van der Waals surface area contributed by atoms with E-state index in [-0.39, 0.29) is 83.7 Å². The Morgan fingerprint density at radius 1 is 0.363 bits per heavy atom. The number of carbonyl (C=O) groups excluding carboxylic acids is 7. The minimum Gasteiger partial charge on any atom is -0.463 e. The molecule has 3 aliphatic heterocycles. The van der Waals surface area contributed by atoms with Gasteiger partial charge in [-0.2, -0.15) is 0 Å². The molecule has 0 saturated carbocycles. The van der Waals surface area contributed by atoms with Gasteiger partial charge in [-0.15, -0.1) is 0 Å². The Morgan fingerprint density at radius 3 is 1.21 bits per heavy atom. The Hall–Kier alpha value is -9.23. The number of benzene rings is 7. The van der Waals surface area contributed by atoms with E-state index in [1.807, 2.05) is 182 Å². The Labute approximate surface area is 660 Å². The van der Waals surface area contributed by atoms with Crippen molar-refractivity contribution in [1.82, 2.24) is 0 Å². The standard InChI is InChI=1S/C87H102O25Si/c1-57(88)44-45-72(93)107-79-76(101-52-66-38-24-13-25-39-66)73(69(99-50-64-34-20-11-21-35-64)54-95-48-62-30-16-9-17-31-62)110-86(81(79)102-53-67-40-26-14-27-41-67)112-80-77(111-87-83(105-61(5)92)78(104-60(4)91)75(103-59(3)90)71(106-87)56-98-58(2)89)74(70(100-51-65-36-22-12-23-37-65)55-96-49-63-32-18-10-19-33-63)109-85(97-46-47-113(6,7)8)82(80)108-84(94)68-42-28-15-29-43-68/h9-43,69-71,73-83,85-87H,44-56H2,1-8H3/t69-,70-,71+,73+,74+,75+,76+,77+,78-,79-,80-,81-,82-,83+,85-,86+,87-/m0/s1. The SMILES string of the molecule is CC(=O)CCC(=O)O[C@H]1[C@H](OCc2ccccc2)[C@@H]([C@H](COCc2ccccc2)OCc2ccccc2)O[C@H](O[C@H]2[C@H](O[C@@H]3O[C@H](COC(C)=O)[C@@H](OC(C)=O)[C@H](OC(C)=O)[C@H]3OC(C)=O)[C@@H]([C@H](COCc3ccccc3)OCc3ccccc3)O[C@H](OCC[Si](C)(C)C)[C@H]2OC(=O)c2ccccc2)[C@H]1OCc1ccccc1. The molecule has 0 unspecified atom stereocenters. The zero-order valence-electron chi connectivity index (χ0n) is 64.9. The second-order valence-electron chi connectivity index (χ2n) is 29.0. The molecule has 7 aromatic carbocycles. The van der Waals surface area contributed by atoms with Crippen LogP contribution in [0.4, 0.5) is 0 Å². The fourth-order valence-corrected chi connectivity index (χ4v) is 13.8. The summed E-state index contributed by atoms with van der Waals surface area (Å²) < 4.78 is 124. The van der Waals surface area contributed by atoms with Gasteiger partial charge >= 0.3 is 35.8 Å². The van der Waals surface area contributed by atoms with Gasteiger partial charge in [0, 0.05) is 48.8 Å². The maximum absolute atomic E-state index is 15.5. The lowest BCUT2D eigenvalue weighted by Gasteiger charge is -2.52. The van der Waals surface area contributed by atoms with Gasteiger partial charge in [-0.1, -0.05) is 220 Å². The molecule has 3 heterocycles. The molecule has 3 saturated heterocycles. The lowest BCUT2D eigenvalue weighted by Crippen LogP contribution is -2.70. The third-order valence-electron chi connectivity index (χ3n) is 18.6. The van der Waals surface area contributed by atoms with Gasteiger partial charge in [0.15, 0.2) is 49.4 Å². The monoisotopic (exact) mass is 1570 g/mol. The van der Waals surface area contributed by atoms with Gasteiger partial charge in [0.2, 0.25) is 0 Å². The number of Topliss-reactive ketones (excluding diaryl/α,β-unsaturated/α-hetero) is 1. The first-order valence-corrected chi connectivity index (χ1v) is 41.7. The molecule has 0 N–H and O–H groups in total. The van der Waals surface area contributed by atoms with Gasteiger partial charge in [0.25, 0.3) is 0 Å². The molecular weight excluding hydrogens is 1470 g/mol. The van der Waals surface area contributed by atoms with Crippen molar-refractivity contribution in [2.45, 2.75) is 217 Å². The summed E-state index contributed by atoms with van der Waals surface area (Å²) in [6.07, 6.45) is -28.6. The summed E-state index contributed by atoms with van der Waals surface area (Å²) in [5, 5.41) is 0. The minimum atomic E-state index is -2.03. The van der Waals surface area contributed by atoms with Crippen LogP contribution >= 0.6 is 0 Å². The van der Waals surface area contributed by atoms with Gasteiger partial charge in [0.05, 0.1) is 64.8 Å². The van der Waals surface area contributed by atoms with E-state index < -0.39 is 155 Å². The van der Waals surface area contributed by atoms with E-state index in [0.717, 1.165) is 44.4 Å². The molecule has 10 rings (SSSR count). The molecular formula is C87H102O25Si. The Balaban J connectivity index is 1.24. The summed E-state index contributed by atoms with van der Waals surface area (Å²) >= 11 is 0. The van der Waals surface area contributed by atoms with Crippen molar-refractivity contribution >= 4 is 49.7 Å². The topological polar surface area (TPSA) is 286 Å². The van der Waals surface area contributed by atoms with Crippen molar-refractivity contribution in [2.75, 3.05) is 26.4 Å². The zero-order chi connectivity index (χ0) is 80.1. The van der Waals surface area contributed by atoms with Gasteiger partial charge in [0.1, 0.15) is 67.3 Å². The highest BCUT2D eigenvalue weighted by molar-refractivity contribution is 6.76. The summed E-state index contributed by atoms with van der Waals surface area (Å²) in [7, 11) is -2.03. The number of rotatable bonds is 41. The molecule has 3 aliphatic rings. The molecule has 0 spiro atoms. The predicted molar refractivity (Wildman–Crippen MR) is 411 cm³/mol. The maximum atomic E-state index is 15.5. The number of carbonyl (C=O) groups is 7. The first-order chi connectivity index (χ1) is 54.6. The Morgan fingerprint density at radius 2 is 0.752 bits per heavy atom. The van der Waals surface area contributed by atoms with Crippen LogP contribution in [0.15, 0.2) is 212 Å². The minimum absolute atomic E-state index is 0.0216. The maximum Gasteiger partial charge on any atom is 0.338 e. The van der Waals surface area contributed by atoms with Gasteiger partial charge < -0.3 is 90.1 Å². The highest BCUT2D eigenvalue weighted by atomic mass is 28.3. The predicted octanol–water partition coefficient (Wildman–Crippen LogP) is 11.9. The second-order valence-corrected chi connectivity index (χ2v) is 34.6. The number of hydrogen-bond acceptors (Lipinski definition) is 25. The fraction of sp³-hybridized carbons (Fsp3) is 0.437. The van der Waals surface area contributed by atoms with E-state index in [1.54, 1.807) is 30.3 Å². The normalized spacial score (nSPS) is 24.2. The molecule has 113 heavy (non-hydrogen) atoms. The van der Waals surface area contributed by atoms with Crippen LogP contribution in [0.1, 0.15) is 91.2 Å². The Bertz CT molecular complexity index is 4050. The van der Waals surface area contributed by atoms with Crippen molar-refractivity contribution < 1.29 is 119 Å². The first kappa shape index (κ1) is 86.2. The van der Waals surface area contributed by atoms with Crippen LogP contribution in [0.25, 0.3) is 0 Å². The van der Waals surface area contributed by atoms with Crippen molar-refractivity contribution in [3.8, 4) is 0 Å². The molecule has 7 aromatic rings. The molecule has 604 valence electrons. The van der Waals surface area contributed by atoms with E-state index in [2.05, 4.69) is 19.6 Å².